The van der Waals surface area contributed by atoms with Crippen LogP contribution in [0.4, 0.5) is 4.39 Å². The summed E-state index contributed by atoms with van der Waals surface area (Å²) in [7, 11) is 1.58. The molecular formula is C15H14BrFO2. The maximum atomic E-state index is 13.4. The van der Waals surface area contributed by atoms with E-state index in [9.17, 15) is 9.50 Å². The smallest absolute Gasteiger partial charge is 0.133 e. The Morgan fingerprint density at radius 2 is 1.89 bits per heavy atom. The van der Waals surface area contributed by atoms with Gasteiger partial charge in [-0.3, -0.25) is 0 Å². The van der Waals surface area contributed by atoms with Crippen molar-refractivity contribution in [3.8, 4) is 5.75 Å². The summed E-state index contributed by atoms with van der Waals surface area (Å²) in [4.78, 5) is 0. The number of rotatable bonds is 3. The number of halogens is 2. The molecule has 1 N–H and O–H groups in total. The molecule has 0 amide bonds. The number of aryl methyl sites for hydroxylation is 1. The second kappa shape index (κ2) is 5.72. The molecule has 0 fully saturated rings. The first kappa shape index (κ1) is 14.0. The fourth-order valence-corrected chi connectivity index (χ4v) is 2.53. The number of methoxy groups -OCH3 is 1. The highest BCUT2D eigenvalue weighted by molar-refractivity contribution is 9.10. The van der Waals surface area contributed by atoms with Crippen LogP contribution in [0.25, 0.3) is 0 Å². The van der Waals surface area contributed by atoms with Crippen molar-refractivity contribution in [3.05, 3.63) is 63.4 Å². The molecular weight excluding hydrogens is 311 g/mol. The van der Waals surface area contributed by atoms with Crippen LogP contribution in [-0.4, -0.2) is 12.2 Å². The number of benzene rings is 2. The first-order valence-corrected chi connectivity index (χ1v) is 6.59. The second-order valence-electron chi connectivity index (χ2n) is 4.36. The fourth-order valence-electron chi connectivity index (χ4n) is 1.97. The maximum Gasteiger partial charge on any atom is 0.133 e. The van der Waals surface area contributed by atoms with Gasteiger partial charge in [-0.25, -0.2) is 4.39 Å². The topological polar surface area (TPSA) is 29.5 Å². The lowest BCUT2D eigenvalue weighted by molar-refractivity contribution is 0.219. The van der Waals surface area contributed by atoms with Gasteiger partial charge in [-0.05, 0) is 63.8 Å². The van der Waals surface area contributed by atoms with E-state index in [1.165, 1.54) is 12.1 Å². The van der Waals surface area contributed by atoms with E-state index >= 15 is 0 Å². The van der Waals surface area contributed by atoms with E-state index in [0.717, 1.165) is 10.0 Å². The molecule has 0 aliphatic heterocycles. The predicted octanol–water partition coefficient (Wildman–Crippen LogP) is 3.99. The second-order valence-corrected chi connectivity index (χ2v) is 5.21. The van der Waals surface area contributed by atoms with Gasteiger partial charge in [-0.1, -0.05) is 12.1 Å². The van der Waals surface area contributed by atoms with Gasteiger partial charge in [0.05, 0.1) is 11.6 Å². The normalized spacial score (nSPS) is 12.3. The molecule has 0 saturated carbocycles. The van der Waals surface area contributed by atoms with Crippen LogP contribution >= 0.6 is 15.9 Å². The van der Waals surface area contributed by atoms with Crippen LogP contribution in [0, 0.1) is 12.7 Å². The predicted molar refractivity (Wildman–Crippen MR) is 75.9 cm³/mol. The quantitative estimate of drug-likeness (QED) is 0.925. The SMILES string of the molecule is COc1ccc(C(O)c2cc(C)cc(F)c2)cc1Br. The monoisotopic (exact) mass is 324 g/mol. The molecule has 0 aliphatic carbocycles. The van der Waals surface area contributed by atoms with Crippen molar-refractivity contribution >= 4 is 15.9 Å². The Morgan fingerprint density at radius 3 is 2.47 bits per heavy atom. The molecule has 100 valence electrons. The highest BCUT2D eigenvalue weighted by Gasteiger charge is 2.13. The van der Waals surface area contributed by atoms with Gasteiger partial charge in [0.1, 0.15) is 17.7 Å². The van der Waals surface area contributed by atoms with Gasteiger partial charge in [-0.15, -0.1) is 0 Å². The number of ether oxygens (including phenoxy) is 1. The van der Waals surface area contributed by atoms with Crippen molar-refractivity contribution in [2.45, 2.75) is 13.0 Å². The van der Waals surface area contributed by atoms with Crippen LogP contribution in [0.15, 0.2) is 40.9 Å². The van der Waals surface area contributed by atoms with Gasteiger partial charge >= 0.3 is 0 Å². The summed E-state index contributed by atoms with van der Waals surface area (Å²) >= 11 is 3.37. The van der Waals surface area contributed by atoms with Crippen molar-refractivity contribution in [3.63, 3.8) is 0 Å². The molecule has 2 aromatic rings. The minimum Gasteiger partial charge on any atom is -0.496 e. The van der Waals surface area contributed by atoms with Gasteiger partial charge in [0, 0.05) is 0 Å². The minimum atomic E-state index is -0.864. The Hall–Kier alpha value is -1.39. The molecule has 0 aromatic heterocycles. The van der Waals surface area contributed by atoms with Gasteiger partial charge in [-0.2, -0.15) is 0 Å². The Kier molecular flexibility index (Phi) is 4.22. The summed E-state index contributed by atoms with van der Waals surface area (Å²) in [6.45, 7) is 1.79. The fraction of sp³-hybridized carbons (Fsp3) is 0.200. The first-order chi connectivity index (χ1) is 9.01. The van der Waals surface area contributed by atoms with E-state index in [1.807, 2.05) is 0 Å². The third-order valence-corrected chi connectivity index (χ3v) is 3.49. The lowest BCUT2D eigenvalue weighted by Gasteiger charge is -2.14. The average Bonchev–Trinajstić information content (AvgIpc) is 2.36. The van der Waals surface area contributed by atoms with E-state index in [4.69, 9.17) is 4.74 Å². The highest BCUT2D eigenvalue weighted by Crippen LogP contribution is 2.31. The standard InChI is InChI=1S/C15H14BrFO2/c1-9-5-11(7-12(17)6-9)15(18)10-3-4-14(19-2)13(16)8-10/h3-8,15,18H,1-2H3. The number of hydrogen-bond donors (Lipinski definition) is 1. The molecule has 1 atom stereocenters. The van der Waals surface area contributed by atoms with E-state index in [1.54, 1.807) is 38.3 Å². The van der Waals surface area contributed by atoms with Crippen LogP contribution in [0.5, 0.6) is 5.75 Å². The number of aliphatic hydroxyl groups is 1. The zero-order valence-corrected chi connectivity index (χ0v) is 12.2. The largest absolute Gasteiger partial charge is 0.496 e. The maximum absolute atomic E-state index is 13.4. The molecule has 0 heterocycles. The van der Waals surface area contributed by atoms with Crippen molar-refractivity contribution in [2.24, 2.45) is 0 Å². The molecule has 19 heavy (non-hydrogen) atoms. The summed E-state index contributed by atoms with van der Waals surface area (Å²) < 4.78 is 19.2. The van der Waals surface area contributed by atoms with Gasteiger partial charge in [0.2, 0.25) is 0 Å². The summed E-state index contributed by atoms with van der Waals surface area (Å²) in [5, 5.41) is 10.3. The Bertz CT molecular complexity index is 578. The minimum absolute atomic E-state index is 0.346. The molecule has 0 radical (unpaired) electrons. The molecule has 2 rings (SSSR count). The van der Waals surface area contributed by atoms with Crippen molar-refractivity contribution in [1.29, 1.82) is 0 Å². The van der Waals surface area contributed by atoms with Gasteiger partial charge in [0.25, 0.3) is 0 Å². The summed E-state index contributed by atoms with van der Waals surface area (Å²) in [6.07, 6.45) is -0.864. The molecule has 2 nitrogen and oxygen atoms in total. The zero-order chi connectivity index (χ0) is 14.0. The van der Waals surface area contributed by atoms with Crippen LogP contribution in [0.2, 0.25) is 0 Å². The van der Waals surface area contributed by atoms with E-state index in [2.05, 4.69) is 15.9 Å². The zero-order valence-electron chi connectivity index (χ0n) is 10.7. The highest BCUT2D eigenvalue weighted by atomic mass is 79.9. The van der Waals surface area contributed by atoms with Crippen molar-refractivity contribution < 1.29 is 14.2 Å². The third kappa shape index (κ3) is 3.14. The van der Waals surface area contributed by atoms with E-state index < -0.39 is 6.10 Å². The Balaban J connectivity index is 2.38. The Morgan fingerprint density at radius 1 is 1.16 bits per heavy atom. The summed E-state index contributed by atoms with van der Waals surface area (Å²) in [6, 6.07) is 9.83. The molecule has 4 heteroatoms. The molecule has 0 spiro atoms. The summed E-state index contributed by atoms with van der Waals surface area (Å²) in [5.41, 5.74) is 1.99. The van der Waals surface area contributed by atoms with Crippen molar-refractivity contribution in [2.75, 3.05) is 7.11 Å². The van der Waals surface area contributed by atoms with E-state index in [-0.39, 0.29) is 5.82 Å². The van der Waals surface area contributed by atoms with Crippen LogP contribution in [0.3, 0.4) is 0 Å². The first-order valence-electron chi connectivity index (χ1n) is 5.80. The van der Waals surface area contributed by atoms with Crippen LogP contribution in [-0.2, 0) is 0 Å². The van der Waals surface area contributed by atoms with Gasteiger partial charge in [0.15, 0.2) is 0 Å². The van der Waals surface area contributed by atoms with Crippen molar-refractivity contribution in [1.82, 2.24) is 0 Å². The lowest BCUT2D eigenvalue weighted by Crippen LogP contribution is -2.01. The Labute approximate surface area is 120 Å². The molecule has 0 saturated heterocycles. The molecule has 0 bridgehead atoms. The van der Waals surface area contributed by atoms with Gasteiger partial charge < -0.3 is 9.84 Å². The van der Waals surface area contributed by atoms with Crippen LogP contribution in [0.1, 0.15) is 22.8 Å². The molecule has 1 unspecified atom stereocenters. The average molecular weight is 325 g/mol. The van der Waals surface area contributed by atoms with Crippen LogP contribution < -0.4 is 4.74 Å². The molecule has 2 aromatic carbocycles. The van der Waals surface area contributed by atoms with E-state index in [0.29, 0.717) is 16.9 Å². The summed E-state index contributed by atoms with van der Waals surface area (Å²) in [5.74, 6) is 0.341. The number of hydrogen-bond acceptors (Lipinski definition) is 2. The third-order valence-electron chi connectivity index (χ3n) is 2.87. The molecule has 0 aliphatic rings. The number of aliphatic hydroxyl groups excluding tert-OH is 1. The lowest BCUT2D eigenvalue weighted by atomic mass is 10.00.